The number of esters is 2. The zero-order chi connectivity index (χ0) is 15.7. The topological polar surface area (TPSA) is 75.0 Å². The van der Waals surface area contributed by atoms with Gasteiger partial charge in [0.25, 0.3) is 0 Å². The molecule has 1 aliphatic rings. The van der Waals surface area contributed by atoms with Gasteiger partial charge in [0.15, 0.2) is 0 Å². The summed E-state index contributed by atoms with van der Waals surface area (Å²) in [5, 5.41) is 0.784. The van der Waals surface area contributed by atoms with E-state index in [0.29, 0.717) is 29.9 Å². The van der Waals surface area contributed by atoms with E-state index in [1.165, 1.54) is 0 Å². The molecule has 0 aliphatic carbocycles. The highest BCUT2D eigenvalue weighted by Crippen LogP contribution is 2.29. The Labute approximate surface area is 126 Å². The lowest BCUT2D eigenvalue weighted by atomic mass is 10.1. The molecule has 0 bridgehead atoms. The number of hydrogen-bond donors (Lipinski definition) is 0. The van der Waals surface area contributed by atoms with Gasteiger partial charge in [-0.05, 0) is 32.0 Å². The van der Waals surface area contributed by atoms with Gasteiger partial charge in [0, 0.05) is 17.4 Å². The maximum absolute atomic E-state index is 12.2. The van der Waals surface area contributed by atoms with Gasteiger partial charge in [-0.15, -0.1) is 0 Å². The van der Waals surface area contributed by atoms with E-state index < -0.39 is 18.0 Å². The number of carbonyl (C=O) groups excluding carboxylic acids is 2. The molecule has 0 spiro atoms. The summed E-state index contributed by atoms with van der Waals surface area (Å²) in [6.07, 6.45) is -0.475. The first-order valence-corrected chi connectivity index (χ1v) is 7.13. The van der Waals surface area contributed by atoms with E-state index in [0.717, 1.165) is 5.39 Å². The second kappa shape index (κ2) is 5.71. The average Bonchev–Trinajstić information content (AvgIpc) is 3.04. The third-order valence-corrected chi connectivity index (χ3v) is 3.54. The van der Waals surface area contributed by atoms with Crippen LogP contribution in [0, 0.1) is 6.92 Å². The SMILES string of the molecule is CCOc1ccc2oc(C(=O)O[C@@H]3CCOC3=O)c(C)c2c1. The molecular weight excluding hydrogens is 288 g/mol. The highest BCUT2D eigenvalue weighted by atomic mass is 16.6. The number of fused-ring (bicyclic) bond motifs is 1. The Balaban J connectivity index is 1.88. The van der Waals surface area contributed by atoms with Crippen LogP contribution in [0.5, 0.6) is 5.75 Å². The fourth-order valence-electron chi connectivity index (χ4n) is 2.42. The lowest BCUT2D eigenvalue weighted by Crippen LogP contribution is -2.22. The molecule has 1 saturated heterocycles. The van der Waals surface area contributed by atoms with Crippen molar-refractivity contribution in [3.05, 3.63) is 29.5 Å². The Morgan fingerprint density at radius 1 is 1.41 bits per heavy atom. The van der Waals surface area contributed by atoms with E-state index in [9.17, 15) is 9.59 Å². The highest BCUT2D eigenvalue weighted by Gasteiger charge is 2.32. The first kappa shape index (κ1) is 14.4. The van der Waals surface area contributed by atoms with E-state index in [-0.39, 0.29) is 12.4 Å². The van der Waals surface area contributed by atoms with E-state index in [2.05, 4.69) is 0 Å². The molecule has 6 heteroatoms. The second-order valence-electron chi connectivity index (χ2n) is 5.00. The molecule has 1 aromatic heterocycles. The molecule has 1 atom stereocenters. The predicted octanol–water partition coefficient (Wildman–Crippen LogP) is 2.61. The van der Waals surface area contributed by atoms with Crippen LogP contribution in [0.1, 0.15) is 29.5 Å². The normalized spacial score (nSPS) is 17.5. The van der Waals surface area contributed by atoms with E-state index in [4.69, 9.17) is 18.6 Å². The van der Waals surface area contributed by atoms with Crippen molar-refractivity contribution in [2.45, 2.75) is 26.4 Å². The van der Waals surface area contributed by atoms with Crippen molar-refractivity contribution in [3.8, 4) is 5.75 Å². The van der Waals surface area contributed by atoms with Crippen molar-refractivity contribution in [2.24, 2.45) is 0 Å². The maximum atomic E-state index is 12.2. The number of rotatable bonds is 4. The number of carbonyl (C=O) groups is 2. The zero-order valence-corrected chi connectivity index (χ0v) is 12.4. The molecule has 2 aromatic rings. The molecule has 3 rings (SSSR count). The Bertz CT molecular complexity index is 730. The number of hydrogen-bond acceptors (Lipinski definition) is 6. The van der Waals surface area contributed by atoms with E-state index >= 15 is 0 Å². The lowest BCUT2D eigenvalue weighted by Gasteiger charge is -2.06. The minimum Gasteiger partial charge on any atom is -0.494 e. The largest absolute Gasteiger partial charge is 0.494 e. The number of aryl methyl sites for hydroxylation is 1. The maximum Gasteiger partial charge on any atom is 0.375 e. The minimum atomic E-state index is -0.848. The third-order valence-electron chi connectivity index (χ3n) is 3.54. The molecule has 1 aliphatic heterocycles. The van der Waals surface area contributed by atoms with Gasteiger partial charge in [0.2, 0.25) is 11.9 Å². The molecule has 22 heavy (non-hydrogen) atoms. The summed E-state index contributed by atoms with van der Waals surface area (Å²) in [5.41, 5.74) is 1.23. The molecule has 0 saturated carbocycles. The summed E-state index contributed by atoms with van der Waals surface area (Å²) in [5.74, 6) is -0.363. The van der Waals surface area contributed by atoms with Crippen molar-refractivity contribution >= 4 is 22.9 Å². The summed E-state index contributed by atoms with van der Waals surface area (Å²) in [6, 6.07) is 5.34. The second-order valence-corrected chi connectivity index (χ2v) is 5.00. The number of ether oxygens (including phenoxy) is 3. The van der Waals surface area contributed by atoms with Gasteiger partial charge >= 0.3 is 11.9 Å². The lowest BCUT2D eigenvalue weighted by molar-refractivity contribution is -0.145. The van der Waals surface area contributed by atoms with Crippen molar-refractivity contribution in [1.29, 1.82) is 0 Å². The van der Waals surface area contributed by atoms with Crippen LogP contribution >= 0.6 is 0 Å². The Kier molecular flexibility index (Phi) is 3.75. The first-order valence-electron chi connectivity index (χ1n) is 7.13. The Hall–Kier alpha value is -2.50. The summed E-state index contributed by atoms with van der Waals surface area (Å²) in [7, 11) is 0. The summed E-state index contributed by atoms with van der Waals surface area (Å²) >= 11 is 0. The quantitative estimate of drug-likeness (QED) is 0.808. The molecule has 1 aromatic carbocycles. The van der Waals surface area contributed by atoms with Crippen molar-refractivity contribution < 1.29 is 28.2 Å². The monoisotopic (exact) mass is 304 g/mol. The van der Waals surface area contributed by atoms with Gasteiger partial charge in [-0.25, -0.2) is 9.59 Å². The van der Waals surface area contributed by atoms with E-state index in [1.807, 2.05) is 13.0 Å². The van der Waals surface area contributed by atoms with Crippen molar-refractivity contribution in [1.82, 2.24) is 0 Å². The Morgan fingerprint density at radius 3 is 2.91 bits per heavy atom. The van der Waals surface area contributed by atoms with Crippen LogP contribution in [0.2, 0.25) is 0 Å². The first-order chi connectivity index (χ1) is 10.6. The minimum absolute atomic E-state index is 0.100. The van der Waals surface area contributed by atoms with Crippen LogP contribution < -0.4 is 4.74 Å². The van der Waals surface area contributed by atoms with Crippen molar-refractivity contribution in [3.63, 3.8) is 0 Å². The molecule has 1 fully saturated rings. The molecule has 116 valence electrons. The predicted molar refractivity (Wildman–Crippen MR) is 76.9 cm³/mol. The standard InChI is InChI=1S/C16H16O6/c1-3-19-10-4-5-12-11(8-10)9(2)14(21-12)16(18)22-13-6-7-20-15(13)17/h4-5,8,13H,3,6-7H2,1-2H3/t13-/m1/s1. The molecule has 0 radical (unpaired) electrons. The fourth-order valence-corrected chi connectivity index (χ4v) is 2.42. The summed E-state index contributed by atoms with van der Waals surface area (Å²) < 4.78 is 20.9. The van der Waals surface area contributed by atoms with Crippen LogP contribution in [0.3, 0.4) is 0 Å². The van der Waals surface area contributed by atoms with Crippen LogP contribution in [0.4, 0.5) is 0 Å². The van der Waals surface area contributed by atoms with Gasteiger partial charge in [-0.3, -0.25) is 0 Å². The van der Waals surface area contributed by atoms with Crippen LogP contribution in [0.25, 0.3) is 11.0 Å². The molecule has 6 nitrogen and oxygen atoms in total. The summed E-state index contributed by atoms with van der Waals surface area (Å²) in [6.45, 7) is 4.50. The van der Waals surface area contributed by atoms with Gasteiger partial charge in [0.1, 0.15) is 11.3 Å². The fraction of sp³-hybridized carbons (Fsp3) is 0.375. The van der Waals surface area contributed by atoms with E-state index in [1.54, 1.807) is 19.1 Å². The summed E-state index contributed by atoms with van der Waals surface area (Å²) in [4.78, 5) is 23.6. The van der Waals surface area contributed by atoms with Crippen LogP contribution in [-0.4, -0.2) is 31.3 Å². The molecule has 2 heterocycles. The zero-order valence-electron chi connectivity index (χ0n) is 12.4. The van der Waals surface area contributed by atoms with Crippen LogP contribution in [-0.2, 0) is 14.3 Å². The number of benzene rings is 1. The molecule has 0 N–H and O–H groups in total. The molecule has 0 unspecified atom stereocenters. The molecule has 0 amide bonds. The Morgan fingerprint density at radius 2 is 2.23 bits per heavy atom. The number of cyclic esters (lactones) is 1. The van der Waals surface area contributed by atoms with Crippen molar-refractivity contribution in [2.75, 3.05) is 13.2 Å². The number of furan rings is 1. The van der Waals surface area contributed by atoms with Gasteiger partial charge < -0.3 is 18.6 Å². The van der Waals surface area contributed by atoms with Crippen LogP contribution in [0.15, 0.2) is 22.6 Å². The van der Waals surface area contributed by atoms with Gasteiger partial charge in [-0.2, -0.15) is 0 Å². The van der Waals surface area contributed by atoms with Gasteiger partial charge in [0.05, 0.1) is 13.2 Å². The van der Waals surface area contributed by atoms with Gasteiger partial charge in [-0.1, -0.05) is 0 Å². The molecular formula is C16H16O6. The smallest absolute Gasteiger partial charge is 0.375 e. The highest BCUT2D eigenvalue weighted by molar-refractivity contribution is 5.97. The third kappa shape index (κ3) is 2.52. The average molecular weight is 304 g/mol.